The summed E-state index contributed by atoms with van der Waals surface area (Å²) in [5.41, 5.74) is 0. The summed E-state index contributed by atoms with van der Waals surface area (Å²) in [5, 5.41) is 0. The van der Waals surface area contributed by atoms with Gasteiger partial charge in [0.1, 0.15) is 10.4 Å². The highest BCUT2D eigenvalue weighted by Crippen LogP contribution is 2.11. The molecule has 3 heteroatoms. The second kappa shape index (κ2) is 3.56. The molecule has 1 aromatic heterocycles. The summed E-state index contributed by atoms with van der Waals surface area (Å²) in [6, 6.07) is -1.02. The zero-order valence-electron chi connectivity index (χ0n) is 12.7. The van der Waals surface area contributed by atoms with Crippen molar-refractivity contribution in [1.29, 1.82) is 0 Å². The Kier molecular flexibility index (Phi) is 0.786. The van der Waals surface area contributed by atoms with Gasteiger partial charge >= 0.3 is 0 Å². The Hall–Kier alpha value is -0.570. The van der Waals surface area contributed by atoms with Crippen LogP contribution in [0.5, 0.6) is 5.75 Å². The number of hydrogen-bond acceptors (Lipinski definition) is 2. The molecule has 0 amide bonds. The lowest BCUT2D eigenvalue weighted by Crippen LogP contribution is -1.91. The van der Waals surface area contributed by atoms with Crippen molar-refractivity contribution in [3.8, 4) is 5.75 Å². The predicted octanol–water partition coefficient (Wildman–Crippen LogP) is 2.24. The van der Waals surface area contributed by atoms with E-state index in [0.29, 0.717) is 0 Å². The maximum Gasteiger partial charge on any atom is 0.137 e. The molecule has 0 aliphatic heterocycles. The van der Waals surface area contributed by atoms with Gasteiger partial charge in [-0.05, 0) is 34.9 Å². The van der Waals surface area contributed by atoms with Crippen LogP contribution in [0.25, 0.3) is 0 Å². The van der Waals surface area contributed by atoms with Crippen LogP contribution >= 0.6 is 15.9 Å². The Labute approximate surface area is 79.6 Å². The summed E-state index contributed by atoms with van der Waals surface area (Å²) in [4.78, 5) is 3.50. The Morgan fingerprint density at radius 1 is 2.00 bits per heavy atom. The molecule has 2 nitrogen and oxygen atoms in total. The predicted molar refractivity (Wildman–Crippen MR) is 43.1 cm³/mol. The summed E-state index contributed by atoms with van der Waals surface area (Å²) < 4.78 is 62.2. The molecule has 0 saturated heterocycles. The molecular weight excluding hydrogens is 194 g/mol. The molecular formula is C7H8BrNO. The van der Waals surface area contributed by atoms with Gasteiger partial charge in [-0.1, -0.05) is 0 Å². The van der Waals surface area contributed by atoms with E-state index in [0.717, 1.165) is 0 Å². The molecule has 1 rings (SSSR count). The molecule has 0 unspecified atom stereocenters. The van der Waals surface area contributed by atoms with Crippen LogP contribution in [-0.4, -0.2) is 11.5 Å². The number of aromatic nitrogens is 1. The quantitative estimate of drug-likeness (QED) is 0.698. The van der Waals surface area contributed by atoms with Crippen LogP contribution in [0.3, 0.4) is 0 Å². The van der Waals surface area contributed by atoms with E-state index in [1.807, 2.05) is 0 Å². The van der Waals surface area contributed by atoms with Crippen LogP contribution < -0.4 is 4.74 Å². The van der Waals surface area contributed by atoms with Gasteiger partial charge < -0.3 is 4.74 Å². The van der Waals surface area contributed by atoms with Crippen molar-refractivity contribution in [2.45, 2.75) is 6.85 Å². The molecule has 0 N–H and O–H groups in total. The molecule has 0 aliphatic carbocycles. The molecule has 10 heavy (non-hydrogen) atoms. The van der Waals surface area contributed by atoms with Gasteiger partial charge in [0.05, 0.1) is 19.6 Å². The number of nitrogens with zero attached hydrogens (tertiary/aromatic N) is 1. The monoisotopic (exact) mass is 209 g/mol. The average Bonchev–Trinajstić information content (AvgIpc) is 2.20. The Morgan fingerprint density at radius 2 is 2.90 bits per heavy atom. The fraction of sp³-hybridized carbons (Fsp3) is 0.286. The Morgan fingerprint density at radius 3 is 3.70 bits per heavy atom. The lowest BCUT2D eigenvalue weighted by Gasteiger charge is -1.99. The fourth-order valence-corrected chi connectivity index (χ4v) is 0.551. The van der Waals surface area contributed by atoms with Crippen LogP contribution in [-0.2, 0) is 0 Å². The second-order valence-electron chi connectivity index (χ2n) is 1.30. The first-order chi connectivity index (χ1) is 7.97. The first-order valence-electron chi connectivity index (χ1n) is 6.29. The maximum absolute atomic E-state index is 7.51. The third kappa shape index (κ3) is 1.99. The molecule has 1 aromatic rings. The van der Waals surface area contributed by atoms with E-state index in [2.05, 4.69) is 25.7 Å². The molecule has 1 heterocycles. The summed E-state index contributed by atoms with van der Waals surface area (Å²) in [6.07, 6.45) is -0.615. The second-order valence-corrected chi connectivity index (χ2v) is 2.05. The van der Waals surface area contributed by atoms with Crippen molar-refractivity contribution < 1.29 is 15.7 Å². The molecule has 0 aliphatic rings. The lowest BCUT2D eigenvalue weighted by atomic mass is 10.5. The summed E-state index contributed by atoms with van der Waals surface area (Å²) in [5.74, 6) is -0.677. The molecule has 0 bridgehead atoms. The first-order valence-corrected chi connectivity index (χ1v) is 3.09. The molecule has 0 saturated carbocycles. The molecule has 0 fully saturated rings. The number of pyridine rings is 1. The molecule has 0 atom stereocenters. The molecule has 0 aromatic carbocycles. The fourth-order valence-electron chi connectivity index (χ4n) is 0.363. The van der Waals surface area contributed by atoms with E-state index < -0.39 is 37.4 Å². The number of halogens is 1. The van der Waals surface area contributed by atoms with Gasteiger partial charge in [0.15, 0.2) is 0 Å². The molecule has 0 radical (unpaired) electrons. The molecule has 0 spiro atoms. The smallest absolute Gasteiger partial charge is 0.137 e. The largest absolute Gasteiger partial charge is 0.492 e. The summed E-state index contributed by atoms with van der Waals surface area (Å²) in [6.45, 7) is -6.15. The maximum atomic E-state index is 7.51. The Bertz CT molecular complexity index is 473. The van der Waals surface area contributed by atoms with E-state index in [9.17, 15) is 0 Å². The van der Waals surface area contributed by atoms with Crippen molar-refractivity contribution in [1.82, 2.24) is 4.98 Å². The van der Waals surface area contributed by atoms with Crippen LogP contribution in [0.15, 0.2) is 22.9 Å². The van der Waals surface area contributed by atoms with Gasteiger partial charge in [0.25, 0.3) is 0 Å². The normalized spacial score (nSPS) is 23.7. The summed E-state index contributed by atoms with van der Waals surface area (Å²) in [7, 11) is 0. The van der Waals surface area contributed by atoms with Crippen LogP contribution in [0.1, 0.15) is 17.8 Å². The van der Waals surface area contributed by atoms with E-state index in [1.54, 1.807) is 0 Å². The third-order valence-corrected chi connectivity index (χ3v) is 1.06. The third-order valence-electron chi connectivity index (χ3n) is 0.688. The average molecular weight is 210 g/mol. The van der Waals surface area contributed by atoms with Gasteiger partial charge in [-0.3, -0.25) is 0 Å². The summed E-state index contributed by atoms with van der Waals surface area (Å²) >= 11 is 2.85. The van der Waals surface area contributed by atoms with Gasteiger partial charge in [0, 0.05) is 4.11 Å². The van der Waals surface area contributed by atoms with E-state index in [4.69, 9.17) is 11.0 Å². The highest BCUT2D eigenvalue weighted by molar-refractivity contribution is 9.10. The standard InChI is InChI=1S/C7H8BrNO/c1-2-10-6-3-4-7(8)9-5-6/h3-5H,2H2,1H3/i1D3,2D2,3D,4D,5D. The van der Waals surface area contributed by atoms with Gasteiger partial charge in [0.2, 0.25) is 0 Å². The van der Waals surface area contributed by atoms with Crippen LogP contribution in [0.2, 0.25) is 0 Å². The zero-order valence-corrected chi connectivity index (χ0v) is 6.32. The minimum absolute atomic E-state index is 0.0701. The topological polar surface area (TPSA) is 22.1 Å². The van der Waals surface area contributed by atoms with Gasteiger partial charge in [-0.25, -0.2) is 4.98 Å². The number of rotatable bonds is 2. The minimum atomic E-state index is -3.08. The van der Waals surface area contributed by atoms with Gasteiger partial charge in [-0.2, -0.15) is 0 Å². The van der Waals surface area contributed by atoms with E-state index in [-0.39, 0.29) is 4.60 Å². The first kappa shape index (κ1) is 2.21. The van der Waals surface area contributed by atoms with Crippen molar-refractivity contribution >= 4 is 15.9 Å². The van der Waals surface area contributed by atoms with Crippen LogP contribution in [0, 0.1) is 0 Å². The highest BCUT2D eigenvalue weighted by Gasteiger charge is 1.90. The molecule has 54 valence electrons. The number of ether oxygens (including phenoxy) is 1. The lowest BCUT2D eigenvalue weighted by molar-refractivity contribution is 0.338. The van der Waals surface area contributed by atoms with Crippen molar-refractivity contribution in [2.75, 3.05) is 6.56 Å². The van der Waals surface area contributed by atoms with Crippen LogP contribution in [0.4, 0.5) is 0 Å². The highest BCUT2D eigenvalue weighted by atomic mass is 79.9. The SMILES string of the molecule is [2H]c1nc(Br)c([2H])c([2H])c1OC([2H])([2H])C([2H])([2H])[2H]. The number of hydrogen-bond donors (Lipinski definition) is 0. The zero-order chi connectivity index (χ0) is 14.3. The van der Waals surface area contributed by atoms with E-state index >= 15 is 0 Å². The van der Waals surface area contributed by atoms with Crippen molar-refractivity contribution in [3.05, 3.63) is 22.9 Å². The van der Waals surface area contributed by atoms with Crippen molar-refractivity contribution in [3.63, 3.8) is 0 Å². The van der Waals surface area contributed by atoms with Crippen molar-refractivity contribution in [2.24, 2.45) is 0 Å². The van der Waals surface area contributed by atoms with E-state index in [1.165, 1.54) is 0 Å². The minimum Gasteiger partial charge on any atom is -0.492 e. The Balaban J connectivity index is 3.25. The van der Waals surface area contributed by atoms with Gasteiger partial charge in [-0.15, -0.1) is 0 Å².